The molecule has 47 heavy (non-hydrogen) atoms. The van der Waals surface area contributed by atoms with Crippen LogP contribution in [0.25, 0.3) is 53.8 Å². The summed E-state index contributed by atoms with van der Waals surface area (Å²) >= 11 is 1.77. The van der Waals surface area contributed by atoms with Gasteiger partial charge in [-0.2, -0.15) is 11.3 Å². The molecule has 0 aliphatic rings. The summed E-state index contributed by atoms with van der Waals surface area (Å²) in [5.74, 6) is 0.243. The zero-order valence-electron chi connectivity index (χ0n) is 27.5. The molecule has 0 aliphatic heterocycles. The number of hydrogen-bond donors (Lipinski definition) is 0. The maximum absolute atomic E-state index is 13.3. The molecule has 0 atom stereocenters. The summed E-state index contributed by atoms with van der Waals surface area (Å²) in [4.78, 5) is 9.15. The van der Waals surface area contributed by atoms with E-state index in [4.69, 9.17) is 0 Å². The predicted octanol–water partition coefficient (Wildman–Crippen LogP) is 11.2. The number of aromatic nitrogens is 2. The molecule has 1 radical (unpaired) electrons. The topological polar surface area (TPSA) is 25.8 Å². The number of rotatable bonds is 5. The van der Waals surface area contributed by atoms with E-state index in [1.165, 1.54) is 48.6 Å². The largest absolute Gasteiger partial charge is 0.305 e. The van der Waals surface area contributed by atoms with Crippen LogP contribution in [0, 0.1) is 24.9 Å². The first-order valence-corrected chi connectivity index (χ1v) is 19.9. The van der Waals surface area contributed by atoms with Crippen LogP contribution in [0.1, 0.15) is 30.9 Å². The summed E-state index contributed by atoms with van der Waals surface area (Å²) in [6.45, 7) is 13.6. The molecule has 0 spiro atoms. The van der Waals surface area contributed by atoms with Gasteiger partial charge in [0.2, 0.25) is 0 Å². The molecule has 0 aliphatic carbocycles. The smallest absolute Gasteiger partial charge is 0.123 e. The Morgan fingerprint density at radius 1 is 0.745 bits per heavy atom. The molecule has 4 aromatic carbocycles. The van der Waals surface area contributed by atoms with Gasteiger partial charge in [0.05, 0.1) is 8.07 Å². The maximum Gasteiger partial charge on any atom is 0.123 e. The van der Waals surface area contributed by atoms with E-state index < -0.39 is 8.07 Å². The van der Waals surface area contributed by atoms with Gasteiger partial charge in [0.15, 0.2) is 0 Å². The number of pyridine rings is 2. The number of hydrogen-bond acceptors (Lipinski definition) is 3. The molecule has 0 saturated carbocycles. The molecule has 3 aromatic heterocycles. The van der Waals surface area contributed by atoms with Crippen LogP contribution in [0.15, 0.2) is 109 Å². The van der Waals surface area contributed by atoms with Crippen molar-refractivity contribution in [3.63, 3.8) is 0 Å². The Balaban J connectivity index is 0.000000207. The normalized spacial score (nSPS) is 11.3. The van der Waals surface area contributed by atoms with E-state index in [2.05, 4.69) is 123 Å². The molecule has 0 bridgehead atoms. The van der Waals surface area contributed by atoms with Crippen molar-refractivity contribution in [2.45, 2.75) is 46.3 Å². The summed E-state index contributed by atoms with van der Waals surface area (Å²) in [6, 6.07) is 38.4. The van der Waals surface area contributed by atoms with Crippen LogP contribution >= 0.6 is 11.3 Å². The number of fused-ring (bicyclic) bond motifs is 3. The fraction of sp³-hybridized carbons (Fsp3) is 0.171. The zero-order valence-corrected chi connectivity index (χ0v) is 31.7. The standard InChI is InChI=1S/C26H19FNS.C15H18NSi.Ir/c1-16(2)18-11-12-28-24(15-18)20-6-10-26-23(14-20)22-13-19(5-9-25(22)29-26)17-3-7-21(27)8-4-17;1-12-10-14(13-8-6-5-7-9-13)16-11-15(12)17(2,3)4;/h3-5,7-16H,1-2H3;5-8,10-11H,1-4H3;/q2*-1;. The quantitative estimate of drug-likeness (QED) is 0.128. The molecule has 6 heteroatoms. The zero-order chi connectivity index (χ0) is 32.4. The molecule has 2 nitrogen and oxygen atoms in total. The fourth-order valence-electron chi connectivity index (χ4n) is 5.69. The Morgan fingerprint density at radius 2 is 1.47 bits per heavy atom. The van der Waals surface area contributed by atoms with Crippen molar-refractivity contribution in [2.75, 3.05) is 0 Å². The summed E-state index contributed by atoms with van der Waals surface area (Å²) in [5.41, 5.74) is 8.78. The Morgan fingerprint density at radius 3 is 2.15 bits per heavy atom. The second kappa shape index (κ2) is 14.5. The van der Waals surface area contributed by atoms with E-state index in [9.17, 15) is 4.39 Å². The van der Waals surface area contributed by atoms with Crippen molar-refractivity contribution >= 4 is 44.8 Å². The van der Waals surface area contributed by atoms with E-state index >= 15 is 0 Å². The molecule has 239 valence electrons. The van der Waals surface area contributed by atoms with E-state index in [0.717, 1.165) is 33.6 Å². The molecule has 0 saturated heterocycles. The van der Waals surface area contributed by atoms with Gasteiger partial charge in [0.1, 0.15) is 5.82 Å². The average molecular weight is 829 g/mol. The van der Waals surface area contributed by atoms with Crippen LogP contribution in [-0.4, -0.2) is 18.0 Å². The Labute approximate surface area is 296 Å². The van der Waals surface area contributed by atoms with Gasteiger partial charge < -0.3 is 9.97 Å². The van der Waals surface area contributed by atoms with Gasteiger partial charge in [-0.15, -0.1) is 59.7 Å². The molecule has 0 fully saturated rings. The van der Waals surface area contributed by atoms with Gasteiger partial charge >= 0.3 is 0 Å². The third kappa shape index (κ3) is 7.85. The second-order valence-electron chi connectivity index (χ2n) is 13.0. The first kappa shape index (κ1) is 34.5. The van der Waals surface area contributed by atoms with Crippen molar-refractivity contribution in [1.29, 1.82) is 0 Å². The van der Waals surface area contributed by atoms with Crippen LogP contribution in [0.2, 0.25) is 19.6 Å². The van der Waals surface area contributed by atoms with Gasteiger partial charge in [-0.3, -0.25) is 0 Å². The summed E-state index contributed by atoms with van der Waals surface area (Å²) in [6.07, 6.45) is 3.93. The summed E-state index contributed by atoms with van der Waals surface area (Å²) < 4.78 is 15.7. The van der Waals surface area contributed by atoms with Crippen molar-refractivity contribution in [3.8, 4) is 33.6 Å². The average Bonchev–Trinajstić information content (AvgIpc) is 3.42. The van der Waals surface area contributed by atoms with Crippen molar-refractivity contribution in [1.82, 2.24) is 9.97 Å². The van der Waals surface area contributed by atoms with Crippen molar-refractivity contribution in [3.05, 3.63) is 139 Å². The van der Waals surface area contributed by atoms with Gasteiger partial charge in [-0.05, 0) is 81.0 Å². The van der Waals surface area contributed by atoms with E-state index in [0.29, 0.717) is 5.92 Å². The molecule has 0 unspecified atom stereocenters. The van der Waals surface area contributed by atoms with Crippen molar-refractivity contribution in [2.24, 2.45) is 0 Å². The van der Waals surface area contributed by atoms with Crippen molar-refractivity contribution < 1.29 is 24.5 Å². The van der Waals surface area contributed by atoms with Crippen LogP contribution in [-0.2, 0) is 20.1 Å². The van der Waals surface area contributed by atoms with E-state index in [1.54, 1.807) is 11.3 Å². The molecule has 3 heterocycles. The summed E-state index contributed by atoms with van der Waals surface area (Å²) in [7, 11) is -1.27. The fourth-order valence-corrected chi connectivity index (χ4v) is 8.44. The minimum absolute atomic E-state index is 0. The first-order valence-electron chi connectivity index (χ1n) is 15.6. The van der Waals surface area contributed by atoms with Crippen LogP contribution in [0.5, 0.6) is 0 Å². The van der Waals surface area contributed by atoms with Gasteiger partial charge in [-0.25, -0.2) is 4.39 Å². The third-order valence-electron chi connectivity index (χ3n) is 8.21. The molecule has 0 N–H and O–H groups in total. The van der Waals surface area contributed by atoms with Gasteiger partial charge in [-0.1, -0.05) is 80.3 Å². The molecular weight excluding hydrogens is 792 g/mol. The van der Waals surface area contributed by atoms with Crippen LogP contribution in [0.3, 0.4) is 0 Å². The predicted molar refractivity (Wildman–Crippen MR) is 197 cm³/mol. The minimum atomic E-state index is -1.27. The molecule has 7 aromatic rings. The Kier molecular flexibility index (Phi) is 10.7. The second-order valence-corrected chi connectivity index (χ2v) is 19.1. The number of benzene rings is 4. The van der Waals surface area contributed by atoms with Crippen LogP contribution < -0.4 is 5.19 Å². The number of thiophene rings is 1. The Hall–Kier alpha value is -3.80. The minimum Gasteiger partial charge on any atom is -0.305 e. The number of aryl methyl sites for hydroxylation is 1. The maximum atomic E-state index is 13.3. The van der Waals surface area contributed by atoms with Gasteiger partial charge in [0, 0.05) is 37.2 Å². The SMILES string of the molecule is CC(C)c1ccnc(-c2[c-]cc3sc4ccc(-c5ccc(F)cc5)cc4c3c2)c1.Cc1cc(-c2[c-]cccc2)ncc1[Si](C)(C)C.[Ir]. The first-order chi connectivity index (χ1) is 22.1. The van der Waals surface area contributed by atoms with Gasteiger partial charge in [0.25, 0.3) is 0 Å². The molecular formula is C41H37FIrN2SSi-2. The monoisotopic (exact) mass is 829 g/mol. The van der Waals surface area contributed by atoms with E-state index in [-0.39, 0.29) is 25.9 Å². The Bertz CT molecular complexity index is 2130. The third-order valence-corrected chi connectivity index (χ3v) is 11.5. The number of halogens is 1. The summed E-state index contributed by atoms with van der Waals surface area (Å²) in [5, 5.41) is 3.86. The molecule has 0 amide bonds. The number of nitrogens with zero attached hydrogens (tertiary/aromatic N) is 2. The van der Waals surface area contributed by atoms with Crippen LogP contribution in [0.4, 0.5) is 4.39 Å². The molecule has 7 rings (SSSR count). The van der Waals surface area contributed by atoms with E-state index in [1.807, 2.05) is 36.5 Å².